The number of carbonyl (C=O) groups excluding carboxylic acids is 2. The predicted molar refractivity (Wildman–Crippen MR) is 74.6 cm³/mol. The molecule has 0 bridgehead atoms. The lowest BCUT2D eigenvalue weighted by Crippen LogP contribution is -2.42. The number of rotatable bonds is 2. The molecule has 1 N–H and O–H groups in total. The Balaban J connectivity index is 2.07. The van der Waals surface area contributed by atoms with Crippen LogP contribution >= 0.6 is 0 Å². The number of benzene rings is 1. The van der Waals surface area contributed by atoms with Crippen LogP contribution in [0.4, 0.5) is 14.5 Å². The number of hydrogen-bond acceptors (Lipinski definition) is 2. The van der Waals surface area contributed by atoms with Gasteiger partial charge >= 0.3 is 0 Å². The van der Waals surface area contributed by atoms with Crippen LogP contribution in [0.3, 0.4) is 0 Å². The number of halogens is 2. The van der Waals surface area contributed by atoms with Crippen molar-refractivity contribution < 1.29 is 18.4 Å². The summed E-state index contributed by atoms with van der Waals surface area (Å²) in [6.07, 6.45) is 0.103. The van der Waals surface area contributed by atoms with Gasteiger partial charge in [-0.1, -0.05) is 0 Å². The summed E-state index contributed by atoms with van der Waals surface area (Å²) in [4.78, 5) is 25.7. The minimum absolute atomic E-state index is 0.0805. The average molecular weight is 296 g/mol. The molecule has 2 amide bonds. The molecule has 1 aliphatic rings. The number of anilines is 1. The van der Waals surface area contributed by atoms with Crippen molar-refractivity contribution in [2.75, 3.05) is 11.9 Å². The van der Waals surface area contributed by atoms with Crippen LogP contribution in [0.25, 0.3) is 0 Å². The third kappa shape index (κ3) is 3.37. The fourth-order valence-corrected chi connectivity index (χ4v) is 2.36. The lowest BCUT2D eigenvalue weighted by atomic mass is 10.1. The Morgan fingerprint density at radius 2 is 2.00 bits per heavy atom. The highest BCUT2D eigenvalue weighted by Gasteiger charge is 2.39. The van der Waals surface area contributed by atoms with Gasteiger partial charge in [0.2, 0.25) is 11.8 Å². The van der Waals surface area contributed by atoms with E-state index in [9.17, 15) is 18.4 Å². The van der Waals surface area contributed by atoms with Crippen molar-refractivity contribution in [2.24, 2.45) is 5.92 Å². The topological polar surface area (TPSA) is 49.4 Å². The number of carbonyl (C=O) groups is 2. The van der Waals surface area contributed by atoms with Gasteiger partial charge in [0.25, 0.3) is 0 Å². The Hall–Kier alpha value is -1.98. The van der Waals surface area contributed by atoms with Crippen LogP contribution in [0.5, 0.6) is 0 Å². The van der Waals surface area contributed by atoms with E-state index >= 15 is 0 Å². The third-order valence-corrected chi connectivity index (χ3v) is 3.49. The van der Waals surface area contributed by atoms with Crippen LogP contribution in [0.2, 0.25) is 0 Å². The number of hydrogen-bond donors (Lipinski definition) is 1. The smallest absolute Gasteiger partial charge is 0.229 e. The summed E-state index contributed by atoms with van der Waals surface area (Å²) in [5.41, 5.74) is -0.434. The summed E-state index contributed by atoms with van der Waals surface area (Å²) in [6.45, 7) is 5.98. The zero-order valence-corrected chi connectivity index (χ0v) is 12.2. The van der Waals surface area contributed by atoms with Gasteiger partial charge in [-0.3, -0.25) is 9.59 Å². The molecular weight excluding hydrogens is 278 g/mol. The van der Waals surface area contributed by atoms with Crippen molar-refractivity contribution in [3.05, 3.63) is 29.8 Å². The third-order valence-electron chi connectivity index (χ3n) is 3.49. The van der Waals surface area contributed by atoms with E-state index in [1.54, 1.807) is 4.90 Å². The molecule has 1 aromatic rings. The van der Waals surface area contributed by atoms with E-state index in [2.05, 4.69) is 5.32 Å². The molecule has 2 rings (SSSR count). The van der Waals surface area contributed by atoms with E-state index in [1.807, 2.05) is 20.8 Å². The van der Waals surface area contributed by atoms with Gasteiger partial charge in [-0.25, -0.2) is 8.78 Å². The Labute approximate surface area is 122 Å². The van der Waals surface area contributed by atoms with Gasteiger partial charge in [-0.15, -0.1) is 0 Å². The second-order valence-corrected chi connectivity index (χ2v) is 6.19. The predicted octanol–water partition coefficient (Wildman–Crippen LogP) is 2.55. The van der Waals surface area contributed by atoms with Gasteiger partial charge in [0.15, 0.2) is 0 Å². The van der Waals surface area contributed by atoms with Gasteiger partial charge in [-0.05, 0) is 32.9 Å². The van der Waals surface area contributed by atoms with Crippen molar-refractivity contribution in [1.29, 1.82) is 0 Å². The summed E-state index contributed by atoms with van der Waals surface area (Å²) >= 11 is 0. The molecule has 114 valence electrons. The quantitative estimate of drug-likeness (QED) is 0.912. The molecule has 6 heteroatoms. The second kappa shape index (κ2) is 5.42. The Morgan fingerprint density at radius 3 is 2.52 bits per heavy atom. The van der Waals surface area contributed by atoms with E-state index in [0.717, 1.165) is 6.07 Å². The molecule has 1 fully saturated rings. The fourth-order valence-electron chi connectivity index (χ4n) is 2.36. The summed E-state index contributed by atoms with van der Waals surface area (Å²) in [6, 6.07) is 2.94. The summed E-state index contributed by atoms with van der Waals surface area (Å²) in [5.74, 6) is -2.59. The van der Waals surface area contributed by atoms with Crippen molar-refractivity contribution in [3.63, 3.8) is 0 Å². The molecule has 0 spiro atoms. The van der Waals surface area contributed by atoms with Crippen LogP contribution in [-0.2, 0) is 9.59 Å². The zero-order valence-electron chi connectivity index (χ0n) is 12.2. The van der Waals surface area contributed by atoms with Gasteiger partial charge in [0.1, 0.15) is 11.6 Å². The maximum Gasteiger partial charge on any atom is 0.229 e. The molecule has 0 aliphatic carbocycles. The number of nitrogens with one attached hydrogen (secondary N) is 1. The highest BCUT2D eigenvalue weighted by atomic mass is 19.1. The second-order valence-electron chi connectivity index (χ2n) is 6.19. The van der Waals surface area contributed by atoms with Crippen molar-refractivity contribution in [3.8, 4) is 0 Å². The maximum absolute atomic E-state index is 13.5. The molecule has 1 saturated heterocycles. The van der Waals surface area contributed by atoms with Gasteiger partial charge in [-0.2, -0.15) is 0 Å². The summed E-state index contributed by atoms with van der Waals surface area (Å²) in [5, 5.41) is 2.41. The van der Waals surface area contributed by atoms with Crippen molar-refractivity contribution >= 4 is 17.5 Å². The van der Waals surface area contributed by atoms with Crippen molar-refractivity contribution in [2.45, 2.75) is 32.7 Å². The average Bonchev–Trinajstić information content (AvgIpc) is 2.75. The Kier molecular flexibility index (Phi) is 3.98. The van der Waals surface area contributed by atoms with Gasteiger partial charge < -0.3 is 10.2 Å². The number of likely N-dealkylation sites (tertiary alicyclic amines) is 1. The fraction of sp³-hybridized carbons (Fsp3) is 0.467. The first-order valence-corrected chi connectivity index (χ1v) is 6.75. The molecule has 4 nitrogen and oxygen atoms in total. The standard InChI is InChI=1S/C15H18F2N2O2/c1-15(2,3)19-8-9(6-13(19)20)14(21)18-12-5-4-10(16)7-11(12)17/h4-5,7,9H,6,8H2,1-3H3,(H,18,21). The molecular formula is C15H18F2N2O2. The van der Waals surface area contributed by atoms with E-state index in [-0.39, 0.29) is 23.6 Å². The molecule has 0 saturated carbocycles. The molecule has 1 aromatic carbocycles. The Bertz CT molecular complexity index is 582. The lowest BCUT2D eigenvalue weighted by Gasteiger charge is -2.31. The van der Waals surface area contributed by atoms with Crippen LogP contribution in [0.1, 0.15) is 27.2 Å². The van der Waals surface area contributed by atoms with E-state index in [4.69, 9.17) is 0 Å². The number of nitrogens with zero attached hydrogens (tertiary/aromatic N) is 1. The summed E-state index contributed by atoms with van der Waals surface area (Å²) in [7, 11) is 0. The molecule has 0 aromatic heterocycles. The first-order valence-electron chi connectivity index (χ1n) is 6.75. The molecule has 1 aliphatic heterocycles. The molecule has 0 radical (unpaired) electrons. The minimum atomic E-state index is -0.833. The molecule has 1 atom stereocenters. The van der Waals surface area contributed by atoms with Crippen LogP contribution < -0.4 is 5.32 Å². The van der Waals surface area contributed by atoms with E-state index in [1.165, 1.54) is 6.07 Å². The van der Waals surface area contributed by atoms with E-state index in [0.29, 0.717) is 12.6 Å². The first-order chi connectivity index (χ1) is 9.68. The van der Waals surface area contributed by atoms with Crippen molar-refractivity contribution in [1.82, 2.24) is 4.90 Å². The van der Waals surface area contributed by atoms with Crippen LogP contribution in [0.15, 0.2) is 18.2 Å². The normalized spacial score (nSPS) is 19.0. The molecule has 21 heavy (non-hydrogen) atoms. The van der Waals surface area contributed by atoms with Crippen LogP contribution in [-0.4, -0.2) is 28.8 Å². The highest BCUT2D eigenvalue weighted by molar-refractivity contribution is 5.97. The van der Waals surface area contributed by atoms with Crippen LogP contribution in [0, 0.1) is 17.6 Å². The lowest BCUT2D eigenvalue weighted by molar-refractivity contribution is -0.131. The monoisotopic (exact) mass is 296 g/mol. The number of amides is 2. The van der Waals surface area contributed by atoms with Gasteiger partial charge in [0, 0.05) is 24.6 Å². The first kappa shape index (κ1) is 15.4. The maximum atomic E-state index is 13.5. The van der Waals surface area contributed by atoms with E-state index < -0.39 is 23.5 Å². The highest BCUT2D eigenvalue weighted by Crippen LogP contribution is 2.27. The largest absolute Gasteiger partial charge is 0.337 e. The SMILES string of the molecule is CC(C)(C)N1CC(C(=O)Nc2ccc(F)cc2F)CC1=O. The molecule has 1 heterocycles. The zero-order chi connectivity index (χ0) is 15.8. The summed E-state index contributed by atoms with van der Waals surface area (Å²) < 4.78 is 26.3. The van der Waals surface area contributed by atoms with Gasteiger partial charge in [0.05, 0.1) is 11.6 Å². The minimum Gasteiger partial charge on any atom is -0.337 e. The molecule has 1 unspecified atom stereocenters. The Morgan fingerprint density at radius 1 is 1.33 bits per heavy atom.